The fraction of sp³-hybridized carbons (Fsp3) is 0.300. The minimum Gasteiger partial charge on any atom is -0.324 e. The summed E-state index contributed by atoms with van der Waals surface area (Å²) in [4.78, 5) is 17.5. The van der Waals surface area contributed by atoms with E-state index >= 15 is 0 Å². The van der Waals surface area contributed by atoms with E-state index in [0.717, 1.165) is 41.5 Å². The van der Waals surface area contributed by atoms with E-state index in [0.29, 0.717) is 6.42 Å². The number of anilines is 1. The predicted molar refractivity (Wildman–Crippen MR) is 95.3 cm³/mol. The van der Waals surface area contributed by atoms with Crippen LogP contribution >= 0.6 is 0 Å². The Hall–Kier alpha value is -2.42. The summed E-state index contributed by atoms with van der Waals surface area (Å²) < 4.78 is 0. The second-order valence-corrected chi connectivity index (χ2v) is 6.26. The van der Waals surface area contributed by atoms with Crippen LogP contribution in [0.5, 0.6) is 0 Å². The Balaban J connectivity index is 1.91. The van der Waals surface area contributed by atoms with Gasteiger partial charge in [0.1, 0.15) is 0 Å². The van der Waals surface area contributed by atoms with Crippen LogP contribution in [0.15, 0.2) is 55.1 Å². The summed E-state index contributed by atoms with van der Waals surface area (Å²) in [6.45, 7) is 5.76. The molecule has 1 unspecified atom stereocenters. The van der Waals surface area contributed by atoms with E-state index in [9.17, 15) is 4.79 Å². The number of benzene rings is 1. The zero-order valence-corrected chi connectivity index (χ0v) is 13.5. The van der Waals surface area contributed by atoms with E-state index in [1.807, 2.05) is 43.3 Å². The van der Waals surface area contributed by atoms with Crippen molar-refractivity contribution >= 4 is 22.5 Å². The second-order valence-electron chi connectivity index (χ2n) is 6.26. The van der Waals surface area contributed by atoms with Gasteiger partial charge in [0.2, 0.25) is 5.91 Å². The summed E-state index contributed by atoms with van der Waals surface area (Å²) in [5.41, 5.74) is 2.21. The third-order valence-electron chi connectivity index (χ3n) is 4.64. The maximum absolute atomic E-state index is 12.9. The molecule has 2 aromatic rings. The van der Waals surface area contributed by atoms with Crippen molar-refractivity contribution in [3.8, 4) is 0 Å². The standard InChI is InChI=1S/C20H22N2O/c1-3-11-20(12-7-4-8-13-20)19(23)22-18-14-16-9-5-6-10-17(16)21-15(18)2/h3-7,9-10,14H,1,8,11-13H2,2H3,(H,22,23). The summed E-state index contributed by atoms with van der Waals surface area (Å²) >= 11 is 0. The third kappa shape index (κ3) is 3.04. The Bertz CT molecular complexity index is 778. The monoisotopic (exact) mass is 306 g/mol. The number of carbonyl (C=O) groups excluding carboxylic acids is 1. The number of nitrogens with one attached hydrogen (secondary N) is 1. The number of fused-ring (bicyclic) bond motifs is 1. The van der Waals surface area contributed by atoms with Crippen molar-refractivity contribution in [2.24, 2.45) is 5.41 Å². The number of pyridine rings is 1. The lowest BCUT2D eigenvalue weighted by atomic mass is 9.73. The van der Waals surface area contributed by atoms with E-state index in [-0.39, 0.29) is 11.3 Å². The summed E-state index contributed by atoms with van der Waals surface area (Å²) in [5.74, 6) is 0.0712. The molecule has 0 aliphatic heterocycles. The Labute approximate surface area is 137 Å². The molecule has 23 heavy (non-hydrogen) atoms. The predicted octanol–water partition coefficient (Wildman–Crippen LogP) is 4.78. The van der Waals surface area contributed by atoms with Crippen LogP contribution in [0.4, 0.5) is 5.69 Å². The zero-order valence-electron chi connectivity index (χ0n) is 13.5. The molecular weight excluding hydrogens is 284 g/mol. The van der Waals surface area contributed by atoms with Gasteiger partial charge in [-0.3, -0.25) is 9.78 Å². The van der Waals surface area contributed by atoms with E-state index in [2.05, 4.69) is 29.0 Å². The van der Waals surface area contributed by atoms with Gasteiger partial charge >= 0.3 is 0 Å². The highest BCUT2D eigenvalue weighted by Crippen LogP contribution is 2.38. The first-order chi connectivity index (χ1) is 11.1. The summed E-state index contributed by atoms with van der Waals surface area (Å²) in [6, 6.07) is 9.96. The summed E-state index contributed by atoms with van der Waals surface area (Å²) in [6.07, 6.45) is 9.38. The number of aryl methyl sites for hydroxylation is 1. The second kappa shape index (κ2) is 6.37. The van der Waals surface area contributed by atoms with Crippen LogP contribution in [0, 0.1) is 12.3 Å². The molecule has 0 radical (unpaired) electrons. The number of carbonyl (C=O) groups is 1. The average Bonchev–Trinajstić information content (AvgIpc) is 2.56. The van der Waals surface area contributed by atoms with Gasteiger partial charge in [-0.05, 0) is 44.7 Å². The number of amides is 1. The van der Waals surface area contributed by atoms with E-state index in [1.165, 1.54) is 0 Å². The fourth-order valence-corrected chi connectivity index (χ4v) is 3.24. The van der Waals surface area contributed by atoms with Crippen LogP contribution in [0.25, 0.3) is 10.9 Å². The number of rotatable bonds is 4. The van der Waals surface area contributed by atoms with Crippen molar-refractivity contribution in [2.45, 2.75) is 32.6 Å². The van der Waals surface area contributed by atoms with Crippen molar-refractivity contribution in [2.75, 3.05) is 5.32 Å². The van der Waals surface area contributed by atoms with E-state index in [4.69, 9.17) is 0 Å². The number of nitrogens with zero attached hydrogens (tertiary/aromatic N) is 1. The maximum atomic E-state index is 12.9. The molecule has 1 heterocycles. The van der Waals surface area contributed by atoms with Gasteiger partial charge in [0, 0.05) is 5.39 Å². The Kier molecular flexibility index (Phi) is 4.28. The molecule has 1 aliphatic carbocycles. The van der Waals surface area contributed by atoms with Gasteiger partial charge in [-0.2, -0.15) is 0 Å². The lowest BCUT2D eigenvalue weighted by Gasteiger charge is -2.32. The largest absolute Gasteiger partial charge is 0.324 e. The number of hydrogen-bond acceptors (Lipinski definition) is 2. The molecule has 3 rings (SSSR count). The molecule has 1 atom stereocenters. The smallest absolute Gasteiger partial charge is 0.231 e. The Morgan fingerprint density at radius 1 is 1.39 bits per heavy atom. The van der Waals surface area contributed by atoms with Gasteiger partial charge in [0.05, 0.1) is 22.3 Å². The van der Waals surface area contributed by atoms with Gasteiger partial charge in [0.25, 0.3) is 0 Å². The molecule has 3 nitrogen and oxygen atoms in total. The van der Waals surface area contributed by atoms with Crippen LogP contribution in [0.3, 0.4) is 0 Å². The van der Waals surface area contributed by atoms with Gasteiger partial charge in [0.15, 0.2) is 0 Å². The Morgan fingerprint density at radius 2 is 2.22 bits per heavy atom. The molecule has 118 valence electrons. The normalized spacial score (nSPS) is 20.4. The van der Waals surface area contributed by atoms with Gasteiger partial charge in [-0.25, -0.2) is 0 Å². The van der Waals surface area contributed by atoms with Crippen LogP contribution in [0.1, 0.15) is 31.4 Å². The van der Waals surface area contributed by atoms with Crippen molar-refractivity contribution in [1.82, 2.24) is 4.98 Å². The molecule has 0 saturated carbocycles. The van der Waals surface area contributed by atoms with Crippen LogP contribution in [-0.4, -0.2) is 10.9 Å². The molecule has 1 N–H and O–H groups in total. The first kappa shape index (κ1) is 15.5. The minimum atomic E-state index is -0.380. The van der Waals surface area contributed by atoms with E-state index < -0.39 is 0 Å². The maximum Gasteiger partial charge on any atom is 0.231 e. The fourth-order valence-electron chi connectivity index (χ4n) is 3.24. The highest BCUT2D eigenvalue weighted by molar-refractivity contribution is 5.97. The molecular formula is C20H22N2O. The lowest BCUT2D eigenvalue weighted by molar-refractivity contribution is -0.126. The molecule has 0 bridgehead atoms. The molecule has 1 aromatic carbocycles. The molecule has 0 fully saturated rings. The molecule has 1 aromatic heterocycles. The highest BCUT2D eigenvalue weighted by Gasteiger charge is 2.37. The first-order valence-electron chi connectivity index (χ1n) is 8.08. The number of para-hydroxylation sites is 1. The zero-order chi connectivity index (χ0) is 16.3. The van der Waals surface area contributed by atoms with Crippen LogP contribution in [-0.2, 0) is 4.79 Å². The van der Waals surface area contributed by atoms with Gasteiger partial charge in [-0.15, -0.1) is 6.58 Å². The topological polar surface area (TPSA) is 42.0 Å². The molecule has 3 heteroatoms. The van der Waals surface area contributed by atoms with Crippen molar-refractivity contribution in [3.05, 3.63) is 60.8 Å². The molecule has 0 spiro atoms. The number of aromatic nitrogens is 1. The Morgan fingerprint density at radius 3 is 2.96 bits per heavy atom. The third-order valence-corrected chi connectivity index (χ3v) is 4.64. The van der Waals surface area contributed by atoms with Crippen molar-refractivity contribution < 1.29 is 4.79 Å². The number of allylic oxidation sites excluding steroid dienone is 3. The first-order valence-corrected chi connectivity index (χ1v) is 8.08. The van der Waals surface area contributed by atoms with Gasteiger partial charge in [-0.1, -0.05) is 36.4 Å². The van der Waals surface area contributed by atoms with Crippen LogP contribution < -0.4 is 5.32 Å². The molecule has 1 aliphatic rings. The van der Waals surface area contributed by atoms with E-state index in [1.54, 1.807) is 0 Å². The highest BCUT2D eigenvalue weighted by atomic mass is 16.2. The van der Waals surface area contributed by atoms with Crippen molar-refractivity contribution in [1.29, 1.82) is 0 Å². The minimum absolute atomic E-state index is 0.0712. The summed E-state index contributed by atoms with van der Waals surface area (Å²) in [7, 11) is 0. The SMILES string of the molecule is C=CCC1(C(=O)Nc2cc3ccccc3nc2C)CC=CCC1. The molecule has 1 amide bonds. The summed E-state index contributed by atoms with van der Waals surface area (Å²) in [5, 5.41) is 4.15. The van der Waals surface area contributed by atoms with Crippen molar-refractivity contribution in [3.63, 3.8) is 0 Å². The number of hydrogen-bond donors (Lipinski definition) is 1. The van der Waals surface area contributed by atoms with Gasteiger partial charge < -0.3 is 5.32 Å². The molecule has 0 saturated heterocycles. The van der Waals surface area contributed by atoms with Crippen LogP contribution in [0.2, 0.25) is 0 Å². The quantitative estimate of drug-likeness (QED) is 0.826. The lowest BCUT2D eigenvalue weighted by Crippen LogP contribution is -2.36. The average molecular weight is 306 g/mol.